The molecule has 0 fully saturated rings. The third-order valence-corrected chi connectivity index (χ3v) is 7.65. The summed E-state index contributed by atoms with van der Waals surface area (Å²) in [6.07, 6.45) is 0. The molecule has 0 saturated heterocycles. The number of fused-ring (bicyclic) bond motifs is 2. The second kappa shape index (κ2) is 10.8. The Bertz CT molecular complexity index is 1820. The standard InChI is InChI=1S/C38H27ClN2/c39-30-25-33(40(31-17-3-1-4-18-31)37-23-11-15-28-13-7-9-21-35(28)37)27-34(26-30)41(32-19-5-2-6-20-32)38-24-12-16-29-14-8-10-22-36(29)38/h1-27H. The van der Waals surface area contributed by atoms with Crippen LogP contribution in [0.1, 0.15) is 0 Å². The van der Waals surface area contributed by atoms with Crippen LogP contribution >= 0.6 is 11.6 Å². The highest BCUT2D eigenvalue weighted by Crippen LogP contribution is 2.44. The van der Waals surface area contributed by atoms with Crippen molar-refractivity contribution in [3.05, 3.63) is 169 Å². The first-order valence-electron chi connectivity index (χ1n) is 13.7. The molecule has 0 aliphatic heterocycles. The average Bonchev–Trinajstić information content (AvgIpc) is 3.02. The molecule has 0 atom stereocenters. The van der Waals surface area contributed by atoms with Crippen LogP contribution in [0.5, 0.6) is 0 Å². The molecule has 0 heterocycles. The summed E-state index contributed by atoms with van der Waals surface area (Å²) in [4.78, 5) is 4.59. The van der Waals surface area contributed by atoms with Gasteiger partial charge in [-0.1, -0.05) is 121 Å². The highest BCUT2D eigenvalue weighted by atomic mass is 35.5. The number of para-hydroxylation sites is 2. The van der Waals surface area contributed by atoms with E-state index in [9.17, 15) is 0 Å². The summed E-state index contributed by atoms with van der Waals surface area (Å²) in [6, 6.07) is 57.2. The fourth-order valence-electron chi connectivity index (χ4n) is 5.63. The highest BCUT2D eigenvalue weighted by molar-refractivity contribution is 6.31. The molecule has 7 aromatic rings. The number of nitrogens with zero attached hydrogens (tertiary/aromatic N) is 2. The maximum absolute atomic E-state index is 6.97. The Labute approximate surface area is 245 Å². The van der Waals surface area contributed by atoms with Crippen molar-refractivity contribution >= 4 is 67.3 Å². The summed E-state index contributed by atoms with van der Waals surface area (Å²) >= 11 is 6.97. The number of rotatable bonds is 6. The Kier molecular flexibility index (Phi) is 6.60. The Morgan fingerprint density at radius 3 is 1.20 bits per heavy atom. The molecule has 41 heavy (non-hydrogen) atoms. The third kappa shape index (κ3) is 4.80. The van der Waals surface area contributed by atoms with Gasteiger partial charge in [0.05, 0.1) is 11.4 Å². The molecule has 0 saturated carbocycles. The topological polar surface area (TPSA) is 6.48 Å². The van der Waals surface area contributed by atoms with Gasteiger partial charge in [-0.15, -0.1) is 0 Å². The monoisotopic (exact) mass is 546 g/mol. The van der Waals surface area contributed by atoms with Crippen LogP contribution in [-0.4, -0.2) is 0 Å². The van der Waals surface area contributed by atoms with E-state index < -0.39 is 0 Å². The average molecular weight is 547 g/mol. The van der Waals surface area contributed by atoms with Crippen molar-refractivity contribution in [1.82, 2.24) is 0 Å². The van der Waals surface area contributed by atoms with Crippen LogP contribution in [-0.2, 0) is 0 Å². The molecule has 7 rings (SSSR count). The van der Waals surface area contributed by atoms with E-state index in [0.29, 0.717) is 5.02 Å². The predicted octanol–water partition coefficient (Wildman–Crippen LogP) is 11.6. The number of hydrogen-bond donors (Lipinski definition) is 0. The molecular formula is C38H27ClN2. The summed E-state index contributed by atoms with van der Waals surface area (Å²) < 4.78 is 0. The van der Waals surface area contributed by atoms with E-state index in [4.69, 9.17) is 11.6 Å². The minimum Gasteiger partial charge on any atom is -0.310 e. The SMILES string of the molecule is Clc1cc(N(c2ccccc2)c2cccc3ccccc23)cc(N(c2ccccc2)c2cccc3ccccc23)c1. The molecule has 7 aromatic carbocycles. The van der Waals surface area contributed by atoms with E-state index in [-0.39, 0.29) is 0 Å². The van der Waals surface area contributed by atoms with Crippen LogP contribution in [0.2, 0.25) is 5.02 Å². The fourth-order valence-corrected chi connectivity index (χ4v) is 5.86. The minimum absolute atomic E-state index is 0.667. The fraction of sp³-hybridized carbons (Fsp3) is 0. The number of anilines is 6. The van der Waals surface area contributed by atoms with E-state index in [2.05, 4.69) is 149 Å². The lowest BCUT2D eigenvalue weighted by Crippen LogP contribution is -2.14. The zero-order chi connectivity index (χ0) is 27.6. The molecule has 0 radical (unpaired) electrons. The quantitative estimate of drug-likeness (QED) is 0.204. The zero-order valence-electron chi connectivity index (χ0n) is 22.4. The molecule has 0 spiro atoms. The van der Waals surface area contributed by atoms with E-state index in [1.54, 1.807) is 0 Å². The van der Waals surface area contributed by atoms with Crippen LogP contribution < -0.4 is 9.80 Å². The van der Waals surface area contributed by atoms with E-state index >= 15 is 0 Å². The highest BCUT2D eigenvalue weighted by Gasteiger charge is 2.20. The van der Waals surface area contributed by atoms with Crippen molar-refractivity contribution in [3.8, 4) is 0 Å². The van der Waals surface area contributed by atoms with Gasteiger partial charge < -0.3 is 9.80 Å². The maximum atomic E-state index is 6.97. The Morgan fingerprint density at radius 2 is 0.732 bits per heavy atom. The number of hydrogen-bond acceptors (Lipinski definition) is 2. The van der Waals surface area contributed by atoms with Gasteiger partial charge in [-0.05, 0) is 65.4 Å². The first kappa shape index (κ1) is 25.0. The molecule has 0 unspecified atom stereocenters. The smallest absolute Gasteiger partial charge is 0.0540 e. The van der Waals surface area contributed by atoms with Gasteiger partial charge in [0.1, 0.15) is 0 Å². The van der Waals surface area contributed by atoms with Crippen LogP contribution in [0.3, 0.4) is 0 Å². The molecule has 3 heteroatoms. The van der Waals surface area contributed by atoms with Crippen LogP contribution in [0, 0.1) is 0 Å². The molecule has 196 valence electrons. The summed E-state index contributed by atoms with van der Waals surface area (Å²) in [6.45, 7) is 0. The normalized spacial score (nSPS) is 11.0. The lowest BCUT2D eigenvalue weighted by molar-refractivity contribution is 1.26. The first-order valence-corrected chi connectivity index (χ1v) is 14.1. The zero-order valence-corrected chi connectivity index (χ0v) is 23.1. The van der Waals surface area contributed by atoms with Crippen molar-refractivity contribution in [3.63, 3.8) is 0 Å². The van der Waals surface area contributed by atoms with E-state index in [0.717, 1.165) is 34.1 Å². The van der Waals surface area contributed by atoms with Crippen molar-refractivity contribution < 1.29 is 0 Å². The van der Waals surface area contributed by atoms with Gasteiger partial charge in [-0.3, -0.25) is 0 Å². The third-order valence-electron chi connectivity index (χ3n) is 7.43. The molecule has 0 aliphatic rings. The van der Waals surface area contributed by atoms with Gasteiger partial charge in [-0.2, -0.15) is 0 Å². The summed E-state index contributed by atoms with van der Waals surface area (Å²) in [7, 11) is 0. The molecule has 0 aliphatic carbocycles. The Balaban J connectivity index is 1.48. The Hall–Kier alpha value is -5.05. The maximum Gasteiger partial charge on any atom is 0.0540 e. The first-order chi connectivity index (χ1) is 20.3. The van der Waals surface area contributed by atoms with Gasteiger partial charge >= 0.3 is 0 Å². The number of halogens is 1. The lowest BCUT2D eigenvalue weighted by atomic mass is 10.0. The second-order valence-corrected chi connectivity index (χ2v) is 10.4. The van der Waals surface area contributed by atoms with E-state index in [1.807, 2.05) is 24.3 Å². The minimum atomic E-state index is 0.667. The largest absolute Gasteiger partial charge is 0.310 e. The van der Waals surface area contributed by atoms with Crippen LogP contribution in [0.4, 0.5) is 34.1 Å². The molecule has 0 aromatic heterocycles. The van der Waals surface area contributed by atoms with Crippen molar-refractivity contribution in [1.29, 1.82) is 0 Å². The van der Waals surface area contributed by atoms with Gasteiger partial charge in [-0.25, -0.2) is 0 Å². The molecule has 0 bridgehead atoms. The summed E-state index contributed by atoms with van der Waals surface area (Å²) in [5, 5.41) is 5.40. The van der Waals surface area contributed by atoms with Crippen molar-refractivity contribution in [2.75, 3.05) is 9.80 Å². The van der Waals surface area contributed by atoms with Gasteiger partial charge in [0.25, 0.3) is 0 Å². The van der Waals surface area contributed by atoms with Gasteiger partial charge in [0.2, 0.25) is 0 Å². The van der Waals surface area contributed by atoms with Gasteiger partial charge in [0.15, 0.2) is 0 Å². The molecule has 2 nitrogen and oxygen atoms in total. The number of benzene rings is 7. The van der Waals surface area contributed by atoms with Crippen LogP contribution in [0.25, 0.3) is 21.5 Å². The predicted molar refractivity (Wildman–Crippen MR) is 176 cm³/mol. The van der Waals surface area contributed by atoms with Crippen LogP contribution in [0.15, 0.2) is 164 Å². The summed E-state index contributed by atoms with van der Waals surface area (Å²) in [5.41, 5.74) is 6.28. The molecular weight excluding hydrogens is 520 g/mol. The lowest BCUT2D eigenvalue weighted by Gasteiger charge is -2.31. The van der Waals surface area contributed by atoms with Crippen molar-refractivity contribution in [2.45, 2.75) is 0 Å². The molecule has 0 amide bonds. The second-order valence-electron chi connectivity index (χ2n) is 10.0. The van der Waals surface area contributed by atoms with E-state index in [1.165, 1.54) is 21.5 Å². The summed E-state index contributed by atoms with van der Waals surface area (Å²) in [5.74, 6) is 0. The van der Waals surface area contributed by atoms with Gasteiger partial charge in [0, 0.05) is 38.5 Å². The molecule has 0 N–H and O–H groups in total. The van der Waals surface area contributed by atoms with Crippen molar-refractivity contribution in [2.24, 2.45) is 0 Å². The Morgan fingerprint density at radius 1 is 0.341 bits per heavy atom.